The average Bonchev–Trinajstić information content (AvgIpc) is 3.86. The van der Waals surface area contributed by atoms with Gasteiger partial charge < -0.3 is 14.4 Å². The van der Waals surface area contributed by atoms with E-state index in [4.69, 9.17) is 27.6 Å². The van der Waals surface area contributed by atoms with E-state index in [1.165, 1.54) is 21.2 Å². The molecule has 4 aromatic heterocycles. The molecule has 0 spiro atoms. The molecule has 1 unspecified atom stereocenters. The first kappa shape index (κ1) is 27.3. The number of fused-ring (bicyclic) bond motifs is 6. The topological polar surface area (TPSA) is 113 Å². The second-order valence-electron chi connectivity index (χ2n) is 11.0. The second-order valence-corrected chi connectivity index (χ2v) is 12.9. The highest BCUT2D eigenvalue weighted by molar-refractivity contribution is 8.00. The van der Waals surface area contributed by atoms with Crippen LogP contribution in [0.15, 0.2) is 100 Å². The van der Waals surface area contributed by atoms with Gasteiger partial charge in [0.05, 0.1) is 22.5 Å². The van der Waals surface area contributed by atoms with Crippen LogP contribution in [0.2, 0.25) is 10.0 Å². The Morgan fingerprint density at radius 3 is 2.22 bits per heavy atom. The van der Waals surface area contributed by atoms with Gasteiger partial charge in [0.25, 0.3) is 5.56 Å². The molecule has 12 heteroatoms. The maximum atomic E-state index is 14.1. The SMILES string of the molecule is O=C1CSC(c2c(-c3ccccc3)[nH]c3ccc(Cl)cc23)N1c1nnc(-n2c(=O)c3ccccc3c3[nH]c4ccc(Cl)cc4c32)o1. The van der Waals surface area contributed by atoms with Gasteiger partial charge in [0.1, 0.15) is 5.37 Å². The minimum absolute atomic E-state index is 0.0172. The number of rotatable bonds is 4. The molecule has 1 aliphatic rings. The van der Waals surface area contributed by atoms with Crippen LogP contribution in [0.5, 0.6) is 0 Å². The van der Waals surface area contributed by atoms with Gasteiger partial charge in [-0.1, -0.05) is 81.9 Å². The van der Waals surface area contributed by atoms with Crippen LogP contribution >= 0.6 is 35.0 Å². The minimum atomic E-state index is -0.511. The number of amides is 1. The van der Waals surface area contributed by atoms with Crippen LogP contribution in [0.1, 0.15) is 10.9 Å². The molecule has 0 bridgehead atoms. The molecule has 224 valence electrons. The Kier molecular flexibility index (Phi) is 6.08. The van der Waals surface area contributed by atoms with Crippen molar-refractivity contribution in [3.63, 3.8) is 0 Å². The summed E-state index contributed by atoms with van der Waals surface area (Å²) in [6, 6.07) is 28.2. The van der Waals surface area contributed by atoms with E-state index in [0.717, 1.165) is 49.5 Å². The van der Waals surface area contributed by atoms with E-state index in [1.54, 1.807) is 24.3 Å². The highest BCUT2D eigenvalue weighted by atomic mass is 35.5. The van der Waals surface area contributed by atoms with Crippen LogP contribution in [0.4, 0.5) is 6.01 Å². The van der Waals surface area contributed by atoms with E-state index in [0.29, 0.717) is 20.9 Å². The molecule has 9 nitrogen and oxygen atoms in total. The Morgan fingerprint density at radius 1 is 0.761 bits per heavy atom. The third kappa shape index (κ3) is 4.04. The summed E-state index contributed by atoms with van der Waals surface area (Å²) >= 11 is 14.3. The molecule has 0 aliphatic carbocycles. The number of hydrogen-bond acceptors (Lipinski definition) is 6. The smallest absolute Gasteiger partial charge is 0.331 e. The fourth-order valence-electron chi connectivity index (χ4n) is 6.38. The number of anilines is 1. The minimum Gasteiger partial charge on any atom is -0.388 e. The number of thioether (sulfide) groups is 1. The van der Waals surface area contributed by atoms with E-state index in [-0.39, 0.29) is 29.2 Å². The number of H-pyrrole nitrogens is 2. The van der Waals surface area contributed by atoms with Crippen molar-refractivity contribution >= 4 is 90.5 Å². The first-order valence-electron chi connectivity index (χ1n) is 14.3. The summed E-state index contributed by atoms with van der Waals surface area (Å²) in [4.78, 5) is 36.1. The predicted octanol–water partition coefficient (Wildman–Crippen LogP) is 8.24. The molecule has 5 heterocycles. The highest BCUT2D eigenvalue weighted by Crippen LogP contribution is 2.48. The lowest BCUT2D eigenvalue weighted by molar-refractivity contribution is -0.116. The van der Waals surface area contributed by atoms with E-state index in [9.17, 15) is 9.59 Å². The molecule has 4 aromatic carbocycles. The number of carbonyl (C=O) groups excluding carboxylic acids is 1. The maximum Gasteiger partial charge on any atom is 0.331 e. The zero-order valence-electron chi connectivity index (χ0n) is 23.6. The van der Waals surface area contributed by atoms with Gasteiger partial charge >= 0.3 is 12.0 Å². The zero-order chi connectivity index (χ0) is 31.1. The number of pyridine rings is 1. The average molecular weight is 664 g/mol. The Bertz CT molecular complexity index is 2590. The van der Waals surface area contributed by atoms with Gasteiger partial charge in [-0.3, -0.25) is 9.59 Å². The molecule has 1 amide bonds. The van der Waals surface area contributed by atoms with Crippen molar-refractivity contribution in [1.29, 1.82) is 0 Å². The van der Waals surface area contributed by atoms with Crippen molar-refractivity contribution in [3.8, 4) is 17.3 Å². The fourth-order valence-corrected chi connectivity index (χ4v) is 7.94. The van der Waals surface area contributed by atoms with Gasteiger partial charge in [0.15, 0.2) is 0 Å². The molecule has 1 saturated heterocycles. The van der Waals surface area contributed by atoms with Gasteiger partial charge in [-0.15, -0.1) is 11.8 Å². The highest BCUT2D eigenvalue weighted by Gasteiger charge is 2.40. The number of benzene rings is 4. The second kappa shape index (κ2) is 10.2. The molecule has 0 radical (unpaired) electrons. The molecular weight excluding hydrogens is 643 g/mol. The lowest BCUT2D eigenvalue weighted by atomic mass is 10.0. The molecule has 0 saturated carbocycles. The van der Waals surface area contributed by atoms with Gasteiger partial charge in [-0.25, -0.2) is 9.47 Å². The lowest BCUT2D eigenvalue weighted by Gasteiger charge is -2.21. The van der Waals surface area contributed by atoms with Crippen LogP contribution in [0.25, 0.3) is 60.9 Å². The van der Waals surface area contributed by atoms with Gasteiger partial charge in [0.2, 0.25) is 5.91 Å². The van der Waals surface area contributed by atoms with Crippen molar-refractivity contribution in [1.82, 2.24) is 24.7 Å². The predicted molar refractivity (Wildman–Crippen MR) is 183 cm³/mol. The summed E-state index contributed by atoms with van der Waals surface area (Å²) in [6.07, 6.45) is 0. The number of nitrogens with zero attached hydrogens (tertiary/aromatic N) is 4. The van der Waals surface area contributed by atoms with Crippen molar-refractivity contribution in [3.05, 3.63) is 117 Å². The molecule has 9 rings (SSSR count). The zero-order valence-corrected chi connectivity index (χ0v) is 26.0. The largest absolute Gasteiger partial charge is 0.388 e. The summed E-state index contributed by atoms with van der Waals surface area (Å²) in [5.41, 5.74) is 5.30. The van der Waals surface area contributed by atoms with E-state index in [2.05, 4.69) is 20.2 Å². The molecule has 1 atom stereocenters. The van der Waals surface area contributed by atoms with Crippen LogP contribution in [0.3, 0.4) is 0 Å². The summed E-state index contributed by atoms with van der Waals surface area (Å²) in [5, 5.41) is 12.1. The number of aromatic amines is 2. The fraction of sp³-hybridized carbons (Fsp3) is 0.0588. The van der Waals surface area contributed by atoms with E-state index >= 15 is 0 Å². The number of hydrogen-bond donors (Lipinski definition) is 2. The number of carbonyl (C=O) groups is 1. The van der Waals surface area contributed by atoms with Gasteiger partial charge in [-0.05, 0) is 48.0 Å². The lowest BCUT2D eigenvalue weighted by Crippen LogP contribution is -2.28. The summed E-state index contributed by atoms with van der Waals surface area (Å²) < 4.78 is 7.67. The third-order valence-electron chi connectivity index (χ3n) is 8.37. The Hall–Kier alpha value is -5.03. The first-order valence-corrected chi connectivity index (χ1v) is 16.2. The summed E-state index contributed by atoms with van der Waals surface area (Å²) in [7, 11) is 0. The van der Waals surface area contributed by atoms with Crippen molar-refractivity contribution in [2.45, 2.75) is 5.37 Å². The molecule has 46 heavy (non-hydrogen) atoms. The maximum absolute atomic E-state index is 14.1. The molecule has 2 N–H and O–H groups in total. The quantitative estimate of drug-likeness (QED) is 0.196. The van der Waals surface area contributed by atoms with Gasteiger partial charge in [0, 0.05) is 48.2 Å². The van der Waals surface area contributed by atoms with E-state index < -0.39 is 5.37 Å². The normalized spacial score (nSPS) is 15.3. The van der Waals surface area contributed by atoms with Crippen LogP contribution in [-0.2, 0) is 4.79 Å². The van der Waals surface area contributed by atoms with Crippen molar-refractivity contribution in [2.24, 2.45) is 0 Å². The van der Waals surface area contributed by atoms with E-state index in [1.807, 2.05) is 66.7 Å². The Balaban J connectivity index is 1.25. The summed E-state index contributed by atoms with van der Waals surface area (Å²) in [6.45, 7) is 0. The monoisotopic (exact) mass is 662 g/mol. The third-order valence-corrected chi connectivity index (χ3v) is 10.0. The number of nitrogens with one attached hydrogen (secondary N) is 2. The number of halogens is 2. The standard InChI is InChI=1S/C34H20Cl2N6O3S/c35-18-10-12-24-22(14-18)27(28(37-24)17-6-2-1-3-7-17)32-41(26(43)16-46-32)33-39-40-34(45-33)42-30-23-15-19(36)11-13-25(23)38-29(30)20-8-4-5-9-21(20)31(42)44/h1-15,32,37-38H,16H2. The molecule has 1 aliphatic heterocycles. The van der Waals surface area contributed by atoms with Crippen LogP contribution < -0.4 is 10.5 Å². The Labute approximate surface area is 273 Å². The summed E-state index contributed by atoms with van der Waals surface area (Å²) in [5.74, 6) is 0.000731. The molecule has 8 aromatic rings. The molecule has 1 fully saturated rings. The number of aromatic nitrogens is 5. The van der Waals surface area contributed by atoms with Gasteiger partial charge in [-0.2, -0.15) is 0 Å². The van der Waals surface area contributed by atoms with Crippen molar-refractivity contribution < 1.29 is 9.21 Å². The van der Waals surface area contributed by atoms with Crippen molar-refractivity contribution in [2.75, 3.05) is 10.7 Å². The first-order chi connectivity index (χ1) is 22.5. The Morgan fingerprint density at radius 2 is 1.43 bits per heavy atom. The molecular formula is C34H20Cl2N6O3S. The van der Waals surface area contributed by atoms with Crippen LogP contribution in [-0.4, -0.2) is 36.4 Å². The van der Waals surface area contributed by atoms with Crippen LogP contribution in [0, 0.1) is 0 Å².